The highest BCUT2D eigenvalue weighted by molar-refractivity contribution is 9.10. The van der Waals surface area contributed by atoms with Gasteiger partial charge in [0.15, 0.2) is 23.9 Å². The Bertz CT molecular complexity index is 1810. The predicted molar refractivity (Wildman–Crippen MR) is 160 cm³/mol. The largest absolute Gasteiger partial charge is 0.490 e. The molecule has 0 unspecified atom stereocenters. The average molecular weight is 615 g/mol. The van der Waals surface area contributed by atoms with E-state index in [9.17, 15) is 14.0 Å². The fourth-order valence-corrected chi connectivity index (χ4v) is 4.47. The molecule has 1 heterocycles. The monoisotopic (exact) mass is 614 g/mol. The van der Waals surface area contributed by atoms with Gasteiger partial charge in [0.2, 0.25) is 0 Å². The van der Waals surface area contributed by atoms with Crippen molar-refractivity contribution >= 4 is 44.6 Å². The van der Waals surface area contributed by atoms with Gasteiger partial charge in [-0.1, -0.05) is 54.6 Å². The second-order valence-corrected chi connectivity index (χ2v) is 9.60. The summed E-state index contributed by atoms with van der Waals surface area (Å²) in [4.78, 5) is 30.5. The predicted octanol–water partition coefficient (Wildman–Crippen LogP) is 6.26. The number of carbonyl (C=O) groups excluding carboxylic acids is 1. The number of rotatable bonds is 9. The highest BCUT2D eigenvalue weighted by Gasteiger charge is 2.15. The van der Waals surface area contributed by atoms with Crippen LogP contribution in [0, 0.1) is 5.82 Å². The number of carbonyl (C=O) groups is 1. The Balaban J connectivity index is 1.45. The van der Waals surface area contributed by atoms with Crippen LogP contribution in [0.2, 0.25) is 0 Å². The van der Waals surface area contributed by atoms with Crippen LogP contribution in [0.3, 0.4) is 0 Å². The second kappa shape index (κ2) is 12.6. The zero-order chi connectivity index (χ0) is 28.8. The molecule has 206 valence electrons. The zero-order valence-corrected chi connectivity index (χ0v) is 23.5. The van der Waals surface area contributed by atoms with Gasteiger partial charge in [-0.15, -0.1) is 0 Å². The maximum atomic E-state index is 13.9. The van der Waals surface area contributed by atoms with E-state index in [1.54, 1.807) is 36.4 Å². The number of ether oxygens (including phenoxy) is 2. The smallest absolute Gasteiger partial charge is 0.282 e. The third-order valence-electron chi connectivity index (χ3n) is 5.97. The number of halogens is 2. The fourth-order valence-electron chi connectivity index (χ4n) is 4.05. The number of hydrogen-bond acceptors (Lipinski definition) is 6. The zero-order valence-electron chi connectivity index (χ0n) is 21.9. The molecule has 5 aromatic rings. The summed E-state index contributed by atoms with van der Waals surface area (Å²) in [5.41, 5.74) is 1.65. The van der Waals surface area contributed by atoms with Crippen molar-refractivity contribution in [3.63, 3.8) is 0 Å². The number of amides is 1. The maximum Gasteiger partial charge on any atom is 0.282 e. The highest BCUT2D eigenvalue weighted by Crippen LogP contribution is 2.33. The molecule has 5 rings (SSSR count). The van der Waals surface area contributed by atoms with Crippen molar-refractivity contribution in [1.82, 2.24) is 9.66 Å². The average Bonchev–Trinajstić information content (AvgIpc) is 2.99. The summed E-state index contributed by atoms with van der Waals surface area (Å²) < 4.78 is 27.2. The molecule has 4 aromatic carbocycles. The molecule has 1 aromatic heterocycles. The lowest BCUT2D eigenvalue weighted by molar-refractivity contribution is -0.118. The first kappa shape index (κ1) is 27.7. The van der Waals surface area contributed by atoms with Gasteiger partial charge in [0.25, 0.3) is 11.5 Å². The van der Waals surface area contributed by atoms with Gasteiger partial charge in [-0.25, -0.2) is 9.37 Å². The molecule has 0 aliphatic rings. The minimum Gasteiger partial charge on any atom is -0.490 e. The molecule has 8 nitrogen and oxygen atoms in total. The van der Waals surface area contributed by atoms with Crippen molar-refractivity contribution in [2.24, 2.45) is 5.10 Å². The molecule has 0 saturated carbocycles. The minimum absolute atomic E-state index is 0.0622. The number of fused-ring (bicyclic) bond motifs is 1. The van der Waals surface area contributed by atoms with Gasteiger partial charge >= 0.3 is 0 Å². The number of benzene rings is 4. The SMILES string of the molecule is CCOc1cc(C=Nn2c(-c3ccccc3)nc3ccccc3c2=O)c(Br)cc1OCC(=O)Nc1ccccc1F. The molecule has 0 radical (unpaired) electrons. The molecule has 0 aliphatic carbocycles. The van der Waals surface area contributed by atoms with Crippen LogP contribution in [-0.4, -0.2) is 35.0 Å². The van der Waals surface area contributed by atoms with E-state index in [1.807, 2.05) is 43.3 Å². The lowest BCUT2D eigenvalue weighted by Gasteiger charge is -2.14. The number of aromatic nitrogens is 2. The molecule has 0 spiro atoms. The summed E-state index contributed by atoms with van der Waals surface area (Å²) in [5.74, 6) is -0.0148. The molecule has 1 N–H and O–H groups in total. The second-order valence-electron chi connectivity index (χ2n) is 8.75. The van der Waals surface area contributed by atoms with Crippen molar-refractivity contribution in [2.45, 2.75) is 6.92 Å². The highest BCUT2D eigenvalue weighted by atomic mass is 79.9. The summed E-state index contributed by atoms with van der Waals surface area (Å²) in [7, 11) is 0. The molecule has 0 atom stereocenters. The van der Waals surface area contributed by atoms with Crippen molar-refractivity contribution in [1.29, 1.82) is 0 Å². The molecule has 0 fully saturated rings. The topological polar surface area (TPSA) is 94.8 Å². The summed E-state index contributed by atoms with van der Waals surface area (Å²) in [6, 6.07) is 25.6. The van der Waals surface area contributed by atoms with E-state index >= 15 is 0 Å². The van der Waals surface area contributed by atoms with E-state index in [4.69, 9.17) is 14.5 Å². The van der Waals surface area contributed by atoms with Gasteiger partial charge in [0, 0.05) is 15.6 Å². The van der Waals surface area contributed by atoms with Crippen molar-refractivity contribution < 1.29 is 18.7 Å². The third-order valence-corrected chi connectivity index (χ3v) is 6.65. The molecule has 0 saturated heterocycles. The van der Waals surface area contributed by atoms with Crippen molar-refractivity contribution in [3.8, 4) is 22.9 Å². The molecule has 41 heavy (non-hydrogen) atoms. The summed E-state index contributed by atoms with van der Waals surface area (Å²) in [5, 5.41) is 7.44. The number of nitrogens with one attached hydrogen (secondary N) is 1. The van der Waals surface area contributed by atoms with Crippen LogP contribution < -0.4 is 20.3 Å². The summed E-state index contributed by atoms with van der Waals surface area (Å²) >= 11 is 3.52. The molecular formula is C31H24BrFN4O4. The number of hydrogen-bond donors (Lipinski definition) is 1. The minimum atomic E-state index is -0.543. The quantitative estimate of drug-likeness (QED) is 0.198. The standard InChI is InChI=1S/C31H24BrFN4O4/c1-2-40-27-16-21(23(32)17-28(27)41-19-29(38)35-26-15-9-7-13-24(26)33)18-34-37-30(20-10-4-3-5-11-20)36-25-14-8-6-12-22(25)31(37)39/h3-18H,2,19H2,1H3,(H,35,38). The Morgan fingerprint density at radius 1 is 1.00 bits per heavy atom. The van der Waals surface area contributed by atoms with Gasteiger partial charge in [-0.2, -0.15) is 9.78 Å². The van der Waals surface area contributed by atoms with Gasteiger partial charge in [-0.3, -0.25) is 9.59 Å². The van der Waals surface area contributed by atoms with E-state index in [0.29, 0.717) is 44.9 Å². The van der Waals surface area contributed by atoms with Crippen LogP contribution in [-0.2, 0) is 4.79 Å². The van der Waals surface area contributed by atoms with Crippen LogP contribution in [0.5, 0.6) is 11.5 Å². The van der Waals surface area contributed by atoms with E-state index in [-0.39, 0.29) is 17.9 Å². The van der Waals surface area contributed by atoms with Gasteiger partial charge in [0.1, 0.15) is 5.82 Å². The lowest BCUT2D eigenvalue weighted by atomic mass is 10.2. The lowest BCUT2D eigenvalue weighted by Crippen LogP contribution is -2.21. The summed E-state index contributed by atoms with van der Waals surface area (Å²) in [6.07, 6.45) is 1.52. The van der Waals surface area contributed by atoms with E-state index in [1.165, 1.54) is 29.1 Å². The first-order valence-electron chi connectivity index (χ1n) is 12.7. The Morgan fingerprint density at radius 2 is 1.71 bits per heavy atom. The van der Waals surface area contributed by atoms with Crippen molar-refractivity contribution in [2.75, 3.05) is 18.5 Å². The molecule has 1 amide bonds. The van der Waals surface area contributed by atoms with Crippen LogP contribution in [0.15, 0.2) is 105 Å². The van der Waals surface area contributed by atoms with Crippen LogP contribution >= 0.6 is 15.9 Å². The first-order valence-corrected chi connectivity index (χ1v) is 13.5. The van der Waals surface area contributed by atoms with Crippen LogP contribution in [0.4, 0.5) is 10.1 Å². The van der Waals surface area contributed by atoms with Gasteiger partial charge in [0.05, 0.1) is 29.4 Å². The van der Waals surface area contributed by atoms with Gasteiger partial charge < -0.3 is 14.8 Å². The number of nitrogens with zero attached hydrogens (tertiary/aromatic N) is 3. The van der Waals surface area contributed by atoms with Crippen molar-refractivity contribution in [3.05, 3.63) is 117 Å². The Hall–Kier alpha value is -4.83. The normalized spacial score (nSPS) is 11.1. The Kier molecular flexibility index (Phi) is 8.50. The molecule has 0 bridgehead atoms. The van der Waals surface area contributed by atoms with Crippen LogP contribution in [0.25, 0.3) is 22.3 Å². The van der Waals surface area contributed by atoms with E-state index in [2.05, 4.69) is 26.3 Å². The van der Waals surface area contributed by atoms with Gasteiger partial charge in [-0.05, 0) is 59.3 Å². The third kappa shape index (κ3) is 6.33. The number of para-hydroxylation sites is 2. The number of anilines is 1. The Labute approximate surface area is 243 Å². The molecule has 0 aliphatic heterocycles. The summed E-state index contributed by atoms with van der Waals surface area (Å²) in [6.45, 7) is 1.78. The first-order chi connectivity index (χ1) is 19.9. The van der Waals surface area contributed by atoms with E-state index < -0.39 is 11.7 Å². The molecular weight excluding hydrogens is 591 g/mol. The maximum absolute atomic E-state index is 13.9. The molecule has 10 heteroatoms. The van der Waals surface area contributed by atoms with E-state index in [0.717, 1.165) is 5.56 Å². The van der Waals surface area contributed by atoms with Crippen LogP contribution in [0.1, 0.15) is 12.5 Å². The fraction of sp³-hybridized carbons (Fsp3) is 0.0968. The Morgan fingerprint density at radius 3 is 2.49 bits per heavy atom.